The molecule has 0 aliphatic heterocycles. The van der Waals surface area contributed by atoms with E-state index >= 15 is 0 Å². The largest absolute Gasteiger partial charge is 0.316 e. The van der Waals surface area contributed by atoms with Crippen molar-refractivity contribution >= 4 is 35.5 Å². The van der Waals surface area contributed by atoms with Gasteiger partial charge in [0.25, 0.3) is 5.91 Å². The summed E-state index contributed by atoms with van der Waals surface area (Å²) in [5.74, 6) is 0.681. The number of benzene rings is 2. The maximum Gasteiger partial charge on any atom is 0.252 e. The fourth-order valence-electron chi connectivity index (χ4n) is 3.05. The van der Waals surface area contributed by atoms with Crippen molar-refractivity contribution in [2.75, 3.05) is 0 Å². The Hall–Kier alpha value is -2.50. The molecule has 1 atom stereocenters. The molecule has 1 N–H and O–H groups in total. The minimum absolute atomic E-state index is 0.109. The molecule has 0 aliphatic rings. The third-order valence-electron chi connectivity index (χ3n) is 4.65. The molecule has 4 nitrogen and oxygen atoms in total. The van der Waals surface area contributed by atoms with Crippen molar-refractivity contribution in [2.24, 2.45) is 5.10 Å². The molecule has 3 aromatic rings. The van der Waals surface area contributed by atoms with Crippen LogP contribution in [-0.4, -0.2) is 21.9 Å². The van der Waals surface area contributed by atoms with Gasteiger partial charge < -0.3 is 4.57 Å². The molecule has 1 heterocycles. The molecular formula is C23H24ClN3OS. The summed E-state index contributed by atoms with van der Waals surface area (Å²) in [6.07, 6.45) is 1.68. The van der Waals surface area contributed by atoms with E-state index in [9.17, 15) is 4.79 Å². The number of hydrazone groups is 1. The van der Waals surface area contributed by atoms with Gasteiger partial charge in [-0.25, -0.2) is 5.43 Å². The first-order valence-electron chi connectivity index (χ1n) is 9.39. The number of halogens is 1. The molecule has 3 rings (SSSR count). The molecule has 0 bridgehead atoms. The van der Waals surface area contributed by atoms with Crippen LogP contribution in [-0.2, 0) is 10.5 Å². The SMILES string of the molecule is Cc1cc(/C=N\NC(=O)[C@@H](C)SCc2ccccc2)c(C)n1-c1ccccc1Cl. The second-order valence-corrected chi connectivity index (χ2v) is 8.52. The van der Waals surface area contributed by atoms with Crippen LogP contribution in [0.15, 0.2) is 65.8 Å². The van der Waals surface area contributed by atoms with Crippen LogP contribution >= 0.6 is 23.4 Å². The summed E-state index contributed by atoms with van der Waals surface area (Å²) >= 11 is 7.94. The molecule has 0 saturated carbocycles. The third-order valence-corrected chi connectivity index (χ3v) is 6.19. The van der Waals surface area contributed by atoms with Gasteiger partial charge in [0.1, 0.15) is 0 Å². The smallest absolute Gasteiger partial charge is 0.252 e. The second kappa shape index (κ2) is 9.81. The minimum Gasteiger partial charge on any atom is -0.316 e. The van der Waals surface area contributed by atoms with E-state index in [1.807, 2.05) is 69.3 Å². The Balaban J connectivity index is 1.62. The fraction of sp³-hybridized carbons (Fsp3) is 0.217. The third kappa shape index (κ3) is 5.31. The highest BCUT2D eigenvalue weighted by atomic mass is 35.5. The first-order valence-corrected chi connectivity index (χ1v) is 10.8. The van der Waals surface area contributed by atoms with Gasteiger partial charge in [-0.2, -0.15) is 5.10 Å². The number of aryl methyl sites for hydroxylation is 1. The first kappa shape index (κ1) is 21.2. The lowest BCUT2D eigenvalue weighted by Crippen LogP contribution is -2.27. The van der Waals surface area contributed by atoms with Gasteiger partial charge in [-0.15, -0.1) is 11.8 Å². The molecule has 0 aliphatic carbocycles. The molecule has 0 saturated heterocycles. The van der Waals surface area contributed by atoms with E-state index in [1.165, 1.54) is 5.56 Å². The van der Waals surface area contributed by atoms with Crippen LogP contribution in [0.25, 0.3) is 5.69 Å². The molecule has 2 aromatic carbocycles. The van der Waals surface area contributed by atoms with E-state index in [2.05, 4.69) is 27.2 Å². The zero-order valence-corrected chi connectivity index (χ0v) is 18.3. The molecule has 0 fully saturated rings. The predicted molar refractivity (Wildman–Crippen MR) is 123 cm³/mol. The Morgan fingerprint density at radius 2 is 1.86 bits per heavy atom. The molecule has 6 heteroatoms. The van der Waals surface area contributed by atoms with Gasteiger partial charge >= 0.3 is 0 Å². The monoisotopic (exact) mass is 425 g/mol. The predicted octanol–water partition coefficient (Wildman–Crippen LogP) is 5.52. The number of hydrogen-bond acceptors (Lipinski definition) is 3. The number of nitrogens with one attached hydrogen (secondary N) is 1. The zero-order chi connectivity index (χ0) is 20.8. The molecule has 0 radical (unpaired) electrons. The van der Waals surface area contributed by atoms with E-state index in [0.717, 1.165) is 28.4 Å². The molecular weight excluding hydrogens is 402 g/mol. The van der Waals surface area contributed by atoms with E-state index in [1.54, 1.807) is 18.0 Å². The van der Waals surface area contributed by atoms with Gasteiger partial charge in [-0.1, -0.05) is 54.1 Å². The van der Waals surface area contributed by atoms with Crippen molar-refractivity contribution in [1.29, 1.82) is 0 Å². The first-order chi connectivity index (χ1) is 14.0. The maximum absolute atomic E-state index is 12.3. The highest BCUT2D eigenvalue weighted by Gasteiger charge is 2.14. The van der Waals surface area contributed by atoms with Gasteiger partial charge in [0.15, 0.2) is 0 Å². The summed E-state index contributed by atoms with van der Waals surface area (Å²) in [4.78, 5) is 12.3. The normalized spacial score (nSPS) is 12.3. The molecule has 1 aromatic heterocycles. The Morgan fingerprint density at radius 3 is 2.59 bits per heavy atom. The lowest BCUT2D eigenvalue weighted by atomic mass is 10.2. The van der Waals surface area contributed by atoms with E-state index in [0.29, 0.717) is 5.02 Å². The highest BCUT2D eigenvalue weighted by Crippen LogP contribution is 2.25. The van der Waals surface area contributed by atoms with Gasteiger partial charge in [-0.05, 0) is 44.5 Å². The zero-order valence-electron chi connectivity index (χ0n) is 16.7. The minimum atomic E-state index is -0.192. The maximum atomic E-state index is 12.3. The van der Waals surface area contributed by atoms with Gasteiger partial charge in [0.2, 0.25) is 0 Å². The van der Waals surface area contributed by atoms with Crippen LogP contribution in [0.5, 0.6) is 0 Å². The summed E-state index contributed by atoms with van der Waals surface area (Å²) < 4.78 is 2.09. The number of aromatic nitrogens is 1. The van der Waals surface area contributed by atoms with Crippen LogP contribution in [0.3, 0.4) is 0 Å². The average molecular weight is 426 g/mol. The molecule has 0 spiro atoms. The van der Waals surface area contributed by atoms with Crippen molar-refractivity contribution in [3.63, 3.8) is 0 Å². The topological polar surface area (TPSA) is 46.4 Å². The Morgan fingerprint density at radius 1 is 1.17 bits per heavy atom. The van der Waals surface area contributed by atoms with Crippen LogP contribution < -0.4 is 5.43 Å². The summed E-state index contributed by atoms with van der Waals surface area (Å²) in [5, 5.41) is 4.66. The van der Waals surface area contributed by atoms with Crippen LogP contribution in [0.2, 0.25) is 5.02 Å². The molecule has 0 unspecified atom stereocenters. The van der Waals surface area contributed by atoms with E-state index < -0.39 is 0 Å². The number of carbonyl (C=O) groups excluding carboxylic acids is 1. The second-order valence-electron chi connectivity index (χ2n) is 6.79. The Labute approximate surface area is 181 Å². The summed E-state index contributed by atoms with van der Waals surface area (Å²) in [5.41, 5.74) is 7.78. The summed E-state index contributed by atoms with van der Waals surface area (Å²) in [6.45, 7) is 5.92. The van der Waals surface area contributed by atoms with Gasteiger partial charge in [0, 0.05) is 22.7 Å². The van der Waals surface area contributed by atoms with Crippen LogP contribution in [0.1, 0.15) is 29.4 Å². The number of rotatable bonds is 7. The van der Waals surface area contributed by atoms with Crippen molar-refractivity contribution in [3.8, 4) is 5.69 Å². The van der Waals surface area contributed by atoms with Crippen molar-refractivity contribution < 1.29 is 4.79 Å². The molecule has 1 amide bonds. The van der Waals surface area contributed by atoms with E-state index in [4.69, 9.17) is 11.6 Å². The number of para-hydroxylation sites is 1. The standard InChI is InChI=1S/C23H24ClN3OS/c1-16-13-20(17(2)27(16)22-12-8-7-11-21(22)24)14-25-26-23(28)18(3)29-15-19-9-5-4-6-10-19/h4-14,18H,15H2,1-3H3,(H,26,28)/b25-14-/t18-/m1/s1. The van der Waals surface area contributed by atoms with Crippen molar-refractivity contribution in [1.82, 2.24) is 9.99 Å². The van der Waals surface area contributed by atoms with E-state index in [-0.39, 0.29) is 11.2 Å². The van der Waals surface area contributed by atoms with Gasteiger partial charge in [-0.3, -0.25) is 4.79 Å². The lowest BCUT2D eigenvalue weighted by Gasteiger charge is -2.11. The quantitative estimate of drug-likeness (QED) is 0.400. The Bertz CT molecular complexity index is 1010. The number of thioether (sulfide) groups is 1. The van der Waals surface area contributed by atoms with Crippen molar-refractivity contribution in [3.05, 3.63) is 88.2 Å². The fourth-order valence-corrected chi connectivity index (χ4v) is 4.11. The molecule has 29 heavy (non-hydrogen) atoms. The van der Waals surface area contributed by atoms with Crippen LogP contribution in [0, 0.1) is 13.8 Å². The summed E-state index contributed by atoms with van der Waals surface area (Å²) in [7, 11) is 0. The number of amides is 1. The summed E-state index contributed by atoms with van der Waals surface area (Å²) in [6, 6.07) is 19.9. The Kier molecular flexibility index (Phi) is 7.18. The van der Waals surface area contributed by atoms with Crippen LogP contribution in [0.4, 0.5) is 0 Å². The highest BCUT2D eigenvalue weighted by molar-refractivity contribution is 7.99. The van der Waals surface area contributed by atoms with Crippen molar-refractivity contribution in [2.45, 2.75) is 31.8 Å². The molecule has 150 valence electrons. The average Bonchev–Trinajstić information content (AvgIpc) is 3.00. The lowest BCUT2D eigenvalue weighted by molar-refractivity contribution is -0.120. The number of carbonyl (C=O) groups is 1. The number of hydrogen-bond donors (Lipinski definition) is 1. The van der Waals surface area contributed by atoms with Gasteiger partial charge in [0.05, 0.1) is 22.2 Å². The number of nitrogens with zero attached hydrogens (tertiary/aromatic N) is 2.